The number of hydrogen-bond donors (Lipinski definition) is 1. The number of fused-ring (bicyclic) bond motifs is 1. The summed E-state index contributed by atoms with van der Waals surface area (Å²) in [4.78, 5) is 16.6. The molecule has 162 valence electrons. The summed E-state index contributed by atoms with van der Waals surface area (Å²) in [6.07, 6.45) is 1.45. The van der Waals surface area contributed by atoms with E-state index in [0.717, 1.165) is 22.1 Å². The Hall–Kier alpha value is -2.32. The number of benzene rings is 1. The standard InChI is InChI=1S/C22H31BN2O5/c1-14-25-17-12-15(9-10-18(17)27-14)11-16(13-24-19(26)28-20(2,3)4)23-29-21(5,6)22(7,8)30-23/h9-12H,13H2,1-8H3,(H,24,26). The first-order valence-electron chi connectivity index (χ1n) is 10.2. The Morgan fingerprint density at radius 2 is 1.83 bits per heavy atom. The zero-order chi connectivity index (χ0) is 22.3. The Kier molecular flexibility index (Phi) is 5.77. The van der Waals surface area contributed by atoms with Crippen molar-refractivity contribution < 1.29 is 23.3 Å². The SMILES string of the molecule is Cc1nc2cc(C=C(CNC(=O)OC(C)(C)C)B3OC(C)(C)C(C)(C)O3)ccc2o1. The van der Waals surface area contributed by atoms with Gasteiger partial charge in [0.25, 0.3) is 0 Å². The van der Waals surface area contributed by atoms with Gasteiger partial charge in [-0.3, -0.25) is 0 Å². The average molecular weight is 414 g/mol. The van der Waals surface area contributed by atoms with Crippen LogP contribution in [0.4, 0.5) is 4.79 Å². The van der Waals surface area contributed by atoms with Gasteiger partial charge in [-0.2, -0.15) is 0 Å². The first-order valence-corrected chi connectivity index (χ1v) is 10.2. The van der Waals surface area contributed by atoms with Crippen molar-refractivity contribution in [2.75, 3.05) is 6.54 Å². The number of rotatable bonds is 4. The van der Waals surface area contributed by atoms with E-state index in [1.54, 1.807) is 0 Å². The topological polar surface area (TPSA) is 82.8 Å². The summed E-state index contributed by atoms with van der Waals surface area (Å²) in [6.45, 7) is 15.5. The fraction of sp³-hybridized carbons (Fsp3) is 0.545. The highest BCUT2D eigenvalue weighted by molar-refractivity contribution is 6.56. The number of carbonyl (C=O) groups excluding carboxylic acids is 1. The Balaban J connectivity index is 1.88. The van der Waals surface area contributed by atoms with Gasteiger partial charge in [0.2, 0.25) is 0 Å². The molecular weight excluding hydrogens is 383 g/mol. The van der Waals surface area contributed by atoms with Gasteiger partial charge in [0, 0.05) is 13.5 Å². The number of hydrogen-bond acceptors (Lipinski definition) is 6. The number of ether oxygens (including phenoxy) is 1. The van der Waals surface area contributed by atoms with Crippen LogP contribution in [0.15, 0.2) is 28.1 Å². The molecule has 30 heavy (non-hydrogen) atoms. The van der Waals surface area contributed by atoms with Gasteiger partial charge in [-0.1, -0.05) is 12.1 Å². The van der Waals surface area contributed by atoms with Crippen LogP contribution in [0.1, 0.15) is 59.9 Å². The number of nitrogens with one attached hydrogen (secondary N) is 1. The zero-order valence-electron chi connectivity index (χ0n) is 19.1. The molecule has 1 aliphatic rings. The average Bonchev–Trinajstić information content (AvgIpc) is 3.04. The molecule has 1 saturated heterocycles. The lowest BCUT2D eigenvalue weighted by molar-refractivity contribution is 0.00578. The lowest BCUT2D eigenvalue weighted by Gasteiger charge is -2.32. The summed E-state index contributed by atoms with van der Waals surface area (Å²) in [6, 6.07) is 5.75. The van der Waals surface area contributed by atoms with Crippen molar-refractivity contribution in [3.05, 3.63) is 35.1 Å². The summed E-state index contributed by atoms with van der Waals surface area (Å²) in [5, 5.41) is 2.81. The van der Waals surface area contributed by atoms with Crippen molar-refractivity contribution in [1.29, 1.82) is 0 Å². The van der Waals surface area contributed by atoms with Crippen LogP contribution in [0.25, 0.3) is 17.2 Å². The molecule has 0 unspecified atom stereocenters. The Labute approximate surface area is 178 Å². The van der Waals surface area contributed by atoms with Gasteiger partial charge in [-0.05, 0) is 71.6 Å². The molecule has 0 spiro atoms. The third-order valence-electron chi connectivity index (χ3n) is 5.26. The fourth-order valence-corrected chi connectivity index (χ4v) is 3.05. The summed E-state index contributed by atoms with van der Waals surface area (Å²) >= 11 is 0. The number of carbonyl (C=O) groups is 1. The Morgan fingerprint density at radius 1 is 1.20 bits per heavy atom. The first kappa shape index (κ1) is 22.4. The minimum absolute atomic E-state index is 0.224. The summed E-state index contributed by atoms with van der Waals surface area (Å²) < 4.78 is 23.3. The molecule has 0 atom stereocenters. The van der Waals surface area contributed by atoms with E-state index in [0.29, 0.717) is 5.89 Å². The van der Waals surface area contributed by atoms with Crippen LogP contribution >= 0.6 is 0 Å². The van der Waals surface area contributed by atoms with Crippen LogP contribution in [-0.2, 0) is 14.0 Å². The number of amides is 1. The predicted octanol–water partition coefficient (Wildman–Crippen LogP) is 4.68. The van der Waals surface area contributed by atoms with Gasteiger partial charge in [0.1, 0.15) is 11.1 Å². The lowest BCUT2D eigenvalue weighted by atomic mass is 9.77. The second kappa shape index (κ2) is 7.74. The molecule has 3 rings (SSSR count). The maximum absolute atomic E-state index is 12.2. The van der Waals surface area contributed by atoms with E-state index in [-0.39, 0.29) is 6.54 Å². The fourth-order valence-electron chi connectivity index (χ4n) is 3.05. The highest BCUT2D eigenvalue weighted by atomic mass is 16.7. The van der Waals surface area contributed by atoms with Crippen LogP contribution < -0.4 is 5.32 Å². The van der Waals surface area contributed by atoms with Crippen LogP contribution in [0.2, 0.25) is 0 Å². The van der Waals surface area contributed by atoms with Crippen molar-refractivity contribution in [3.8, 4) is 0 Å². The van der Waals surface area contributed by atoms with Crippen molar-refractivity contribution >= 4 is 30.4 Å². The third kappa shape index (κ3) is 5.05. The second-order valence-electron chi connectivity index (χ2n) is 9.62. The molecule has 8 heteroatoms. The van der Waals surface area contributed by atoms with E-state index in [2.05, 4.69) is 10.3 Å². The molecule has 1 aromatic carbocycles. The van der Waals surface area contributed by atoms with Gasteiger partial charge in [0.05, 0.1) is 11.2 Å². The summed E-state index contributed by atoms with van der Waals surface area (Å²) in [7, 11) is -0.598. The Morgan fingerprint density at radius 3 is 2.43 bits per heavy atom. The molecule has 1 amide bonds. The molecule has 7 nitrogen and oxygen atoms in total. The van der Waals surface area contributed by atoms with Gasteiger partial charge in [-0.15, -0.1) is 0 Å². The van der Waals surface area contributed by atoms with E-state index >= 15 is 0 Å². The predicted molar refractivity (Wildman–Crippen MR) is 117 cm³/mol. The smallest absolute Gasteiger partial charge is 0.444 e. The van der Waals surface area contributed by atoms with Crippen molar-refractivity contribution in [2.24, 2.45) is 0 Å². The molecule has 1 fully saturated rings. The van der Waals surface area contributed by atoms with Crippen LogP contribution in [0, 0.1) is 6.92 Å². The second-order valence-corrected chi connectivity index (χ2v) is 9.62. The van der Waals surface area contributed by atoms with Crippen LogP contribution in [0.3, 0.4) is 0 Å². The van der Waals surface area contributed by atoms with E-state index < -0.39 is 30.0 Å². The number of alkyl carbamates (subject to hydrolysis) is 1. The molecule has 0 bridgehead atoms. The highest BCUT2D eigenvalue weighted by Gasteiger charge is 2.52. The minimum Gasteiger partial charge on any atom is -0.444 e. The Bertz CT molecular complexity index is 956. The molecule has 0 saturated carbocycles. The largest absolute Gasteiger partial charge is 0.492 e. The monoisotopic (exact) mass is 414 g/mol. The van der Waals surface area contributed by atoms with Gasteiger partial charge < -0.3 is 23.8 Å². The van der Waals surface area contributed by atoms with E-state index in [4.69, 9.17) is 18.5 Å². The quantitative estimate of drug-likeness (QED) is 0.732. The van der Waals surface area contributed by atoms with Crippen LogP contribution in [-0.4, -0.2) is 41.5 Å². The molecule has 2 aromatic rings. The van der Waals surface area contributed by atoms with Crippen molar-refractivity contribution in [3.63, 3.8) is 0 Å². The van der Waals surface area contributed by atoms with Gasteiger partial charge >= 0.3 is 13.2 Å². The molecule has 2 heterocycles. The maximum atomic E-state index is 12.2. The van der Waals surface area contributed by atoms with Crippen LogP contribution in [0.5, 0.6) is 0 Å². The molecule has 1 N–H and O–H groups in total. The normalized spacial score (nSPS) is 18.7. The van der Waals surface area contributed by atoms with Crippen molar-refractivity contribution in [2.45, 2.75) is 72.2 Å². The van der Waals surface area contributed by atoms with E-state index in [1.165, 1.54) is 0 Å². The molecule has 0 radical (unpaired) electrons. The maximum Gasteiger partial charge on any atom is 0.492 e. The van der Waals surface area contributed by atoms with Gasteiger partial charge in [0.15, 0.2) is 11.5 Å². The molecule has 0 aliphatic carbocycles. The third-order valence-corrected chi connectivity index (χ3v) is 5.26. The highest BCUT2D eigenvalue weighted by Crippen LogP contribution is 2.38. The number of nitrogens with zero attached hydrogens (tertiary/aromatic N) is 1. The lowest BCUT2D eigenvalue weighted by Crippen LogP contribution is -2.41. The zero-order valence-corrected chi connectivity index (χ0v) is 19.1. The summed E-state index contributed by atoms with van der Waals surface area (Å²) in [5.74, 6) is 0.615. The number of aromatic nitrogens is 1. The van der Waals surface area contributed by atoms with Crippen molar-refractivity contribution in [1.82, 2.24) is 10.3 Å². The summed E-state index contributed by atoms with van der Waals surface area (Å²) in [5.41, 5.74) is 1.63. The van der Waals surface area contributed by atoms with E-state index in [9.17, 15) is 4.79 Å². The molecule has 1 aliphatic heterocycles. The number of aryl methyl sites for hydroxylation is 1. The first-order chi connectivity index (χ1) is 13.8. The molecule has 1 aromatic heterocycles. The number of oxazole rings is 1. The van der Waals surface area contributed by atoms with E-state index in [1.807, 2.05) is 79.7 Å². The molecular formula is C22H31BN2O5. The minimum atomic E-state index is -0.598. The van der Waals surface area contributed by atoms with Gasteiger partial charge in [-0.25, -0.2) is 9.78 Å².